The van der Waals surface area contributed by atoms with Crippen molar-refractivity contribution < 1.29 is 9.59 Å². The number of nitrogens with one attached hydrogen (secondary N) is 1. The van der Waals surface area contributed by atoms with E-state index in [-0.39, 0.29) is 23.9 Å². The van der Waals surface area contributed by atoms with Crippen molar-refractivity contribution in [1.82, 2.24) is 24.9 Å². The highest BCUT2D eigenvalue weighted by Gasteiger charge is 2.35. The normalized spacial score (nSPS) is 18.0. The minimum atomic E-state index is 0.0464. The van der Waals surface area contributed by atoms with Gasteiger partial charge < -0.3 is 15.1 Å². The van der Waals surface area contributed by atoms with Crippen molar-refractivity contribution in [2.75, 3.05) is 26.2 Å². The second-order valence-electron chi connectivity index (χ2n) is 9.75. The largest absolute Gasteiger partial charge is 0.337 e. The van der Waals surface area contributed by atoms with Gasteiger partial charge in [-0.25, -0.2) is 0 Å². The van der Waals surface area contributed by atoms with Crippen molar-refractivity contribution in [3.8, 4) is 11.3 Å². The van der Waals surface area contributed by atoms with Crippen LogP contribution < -0.4 is 5.32 Å². The maximum Gasteiger partial charge on any atom is 0.253 e. The van der Waals surface area contributed by atoms with Crippen LogP contribution in [0.4, 0.5) is 0 Å². The average molecular weight is 480 g/mol. The zero-order chi connectivity index (χ0) is 24.6. The van der Waals surface area contributed by atoms with E-state index in [0.717, 1.165) is 40.7 Å². The fourth-order valence-electron chi connectivity index (χ4n) is 5.32. The molecule has 0 spiro atoms. The number of hydrogen-bond acceptors (Lipinski definition) is 4. The molecule has 36 heavy (non-hydrogen) atoms. The lowest BCUT2D eigenvalue weighted by Crippen LogP contribution is -2.62. The van der Waals surface area contributed by atoms with E-state index in [1.807, 2.05) is 100 Å². The van der Waals surface area contributed by atoms with E-state index in [0.29, 0.717) is 25.2 Å². The van der Waals surface area contributed by atoms with Crippen LogP contribution in [-0.2, 0) is 7.05 Å². The number of benzene rings is 3. The molecule has 7 nitrogen and oxygen atoms in total. The van der Waals surface area contributed by atoms with E-state index in [1.165, 1.54) is 0 Å². The molecule has 0 radical (unpaired) electrons. The van der Waals surface area contributed by atoms with E-state index in [4.69, 9.17) is 5.10 Å². The highest BCUT2D eigenvalue weighted by molar-refractivity contribution is 6.02. The maximum absolute atomic E-state index is 13.2. The Bertz CT molecular complexity index is 1410. The summed E-state index contributed by atoms with van der Waals surface area (Å²) in [4.78, 5) is 29.7. The number of rotatable bonds is 5. The van der Waals surface area contributed by atoms with Gasteiger partial charge in [-0.15, -0.1) is 0 Å². The van der Waals surface area contributed by atoms with Crippen molar-refractivity contribution in [3.05, 3.63) is 90.0 Å². The molecule has 3 heterocycles. The first-order chi connectivity index (χ1) is 17.6. The first-order valence-electron chi connectivity index (χ1n) is 12.5. The van der Waals surface area contributed by atoms with Crippen LogP contribution in [0.25, 0.3) is 22.2 Å². The molecule has 2 amide bonds. The number of fused-ring (bicyclic) bond motifs is 1. The molecule has 182 valence electrons. The maximum atomic E-state index is 13.2. The molecule has 1 unspecified atom stereocenters. The van der Waals surface area contributed by atoms with Crippen LogP contribution >= 0.6 is 0 Å². The second-order valence-corrected chi connectivity index (χ2v) is 9.75. The first-order valence-corrected chi connectivity index (χ1v) is 12.5. The molecular formula is C29H29N5O2. The van der Waals surface area contributed by atoms with E-state index in [1.54, 1.807) is 0 Å². The zero-order valence-corrected chi connectivity index (χ0v) is 20.3. The van der Waals surface area contributed by atoms with E-state index in [2.05, 4.69) is 5.32 Å². The average Bonchev–Trinajstić information content (AvgIpc) is 3.50. The van der Waals surface area contributed by atoms with Crippen LogP contribution in [0, 0.1) is 0 Å². The lowest BCUT2D eigenvalue weighted by molar-refractivity contribution is 0.0553. The molecule has 2 fully saturated rings. The number of aryl methyl sites for hydroxylation is 1. The summed E-state index contributed by atoms with van der Waals surface area (Å²) in [6.45, 7) is 2.82. The van der Waals surface area contributed by atoms with Gasteiger partial charge in [-0.1, -0.05) is 48.5 Å². The smallest absolute Gasteiger partial charge is 0.253 e. The van der Waals surface area contributed by atoms with Crippen LogP contribution in [-0.4, -0.2) is 69.7 Å². The fourth-order valence-corrected chi connectivity index (χ4v) is 5.32. The number of likely N-dealkylation sites (tertiary alicyclic amines) is 2. The van der Waals surface area contributed by atoms with Gasteiger partial charge in [0.2, 0.25) is 0 Å². The Labute approximate surface area is 210 Å². The van der Waals surface area contributed by atoms with Gasteiger partial charge in [0.05, 0.1) is 5.52 Å². The van der Waals surface area contributed by atoms with Gasteiger partial charge >= 0.3 is 0 Å². The molecule has 3 aromatic carbocycles. The molecule has 1 atom stereocenters. The van der Waals surface area contributed by atoms with Crippen LogP contribution in [0.2, 0.25) is 0 Å². The molecule has 2 aliphatic heterocycles. The standard InChI is InChI=1S/C29H29N5O2/c1-32-26-13-12-22(16-25(26)27(31-32)20-8-4-2-5-9-20)29(36)34-18-24(19-34)30-23-14-15-33(17-23)28(35)21-10-6-3-7-11-21/h2-13,16,23-24,30H,14-15,17-19H2,1H3. The number of nitrogens with zero attached hydrogens (tertiary/aromatic N) is 4. The molecule has 0 bridgehead atoms. The summed E-state index contributed by atoms with van der Waals surface area (Å²) >= 11 is 0. The number of carbonyl (C=O) groups is 2. The number of amides is 2. The predicted octanol–water partition coefficient (Wildman–Crippen LogP) is 3.57. The second kappa shape index (κ2) is 9.24. The minimum Gasteiger partial charge on any atom is -0.337 e. The van der Waals surface area contributed by atoms with Crippen molar-refractivity contribution in [2.45, 2.75) is 18.5 Å². The van der Waals surface area contributed by atoms with Crippen LogP contribution in [0.3, 0.4) is 0 Å². The Morgan fingerprint density at radius 2 is 1.47 bits per heavy atom. The van der Waals surface area contributed by atoms with Crippen molar-refractivity contribution >= 4 is 22.7 Å². The quantitative estimate of drug-likeness (QED) is 0.475. The van der Waals surface area contributed by atoms with E-state index < -0.39 is 0 Å². The Morgan fingerprint density at radius 1 is 0.806 bits per heavy atom. The SMILES string of the molecule is Cn1nc(-c2ccccc2)c2cc(C(=O)N3CC(NC4CCN(C(=O)c5ccccc5)C4)C3)ccc21. The molecule has 6 rings (SSSR count). The summed E-state index contributed by atoms with van der Waals surface area (Å²) in [5, 5.41) is 9.34. The van der Waals surface area contributed by atoms with Gasteiger partial charge in [0.25, 0.3) is 11.8 Å². The van der Waals surface area contributed by atoms with Gasteiger partial charge in [0.15, 0.2) is 0 Å². The lowest BCUT2D eigenvalue weighted by atomic mass is 10.0. The lowest BCUT2D eigenvalue weighted by Gasteiger charge is -2.41. The summed E-state index contributed by atoms with van der Waals surface area (Å²) in [6.07, 6.45) is 0.933. The molecule has 1 aromatic heterocycles. The molecule has 7 heteroatoms. The van der Waals surface area contributed by atoms with Gasteiger partial charge in [0.1, 0.15) is 5.69 Å². The highest BCUT2D eigenvalue weighted by Crippen LogP contribution is 2.29. The predicted molar refractivity (Wildman–Crippen MR) is 140 cm³/mol. The molecule has 2 aliphatic rings. The monoisotopic (exact) mass is 479 g/mol. The summed E-state index contributed by atoms with van der Waals surface area (Å²) in [6, 6.07) is 25.9. The third-order valence-corrected chi connectivity index (χ3v) is 7.28. The zero-order valence-electron chi connectivity index (χ0n) is 20.3. The molecule has 4 aromatic rings. The van der Waals surface area contributed by atoms with E-state index >= 15 is 0 Å². The number of aromatic nitrogens is 2. The Hall–Kier alpha value is -3.97. The summed E-state index contributed by atoms with van der Waals surface area (Å²) in [5.41, 5.74) is 4.36. The van der Waals surface area contributed by atoms with Crippen molar-refractivity contribution in [1.29, 1.82) is 0 Å². The van der Waals surface area contributed by atoms with E-state index in [9.17, 15) is 9.59 Å². The third-order valence-electron chi connectivity index (χ3n) is 7.28. The Morgan fingerprint density at radius 3 is 2.22 bits per heavy atom. The summed E-state index contributed by atoms with van der Waals surface area (Å²) in [7, 11) is 1.93. The fraction of sp³-hybridized carbons (Fsp3) is 0.276. The summed E-state index contributed by atoms with van der Waals surface area (Å²) in [5.74, 6) is 0.135. The minimum absolute atomic E-state index is 0.0464. The first kappa shape index (κ1) is 22.5. The van der Waals surface area contributed by atoms with Crippen molar-refractivity contribution in [2.24, 2.45) is 7.05 Å². The summed E-state index contributed by atoms with van der Waals surface area (Å²) < 4.78 is 1.86. The molecule has 2 saturated heterocycles. The molecule has 1 N–H and O–H groups in total. The molecular weight excluding hydrogens is 450 g/mol. The molecule has 0 saturated carbocycles. The van der Waals surface area contributed by atoms with Crippen LogP contribution in [0.1, 0.15) is 27.1 Å². The number of carbonyl (C=O) groups excluding carboxylic acids is 2. The van der Waals surface area contributed by atoms with Gasteiger partial charge in [0, 0.05) is 67.4 Å². The van der Waals surface area contributed by atoms with Crippen LogP contribution in [0.15, 0.2) is 78.9 Å². The third kappa shape index (κ3) is 4.16. The highest BCUT2D eigenvalue weighted by atomic mass is 16.2. The topological polar surface area (TPSA) is 70.5 Å². The molecule has 0 aliphatic carbocycles. The Kier molecular flexibility index (Phi) is 5.77. The van der Waals surface area contributed by atoms with Gasteiger partial charge in [-0.05, 0) is 36.8 Å². The Balaban J connectivity index is 1.08. The number of hydrogen-bond donors (Lipinski definition) is 1. The van der Waals surface area contributed by atoms with Crippen LogP contribution in [0.5, 0.6) is 0 Å². The van der Waals surface area contributed by atoms with Gasteiger partial charge in [-0.3, -0.25) is 14.3 Å². The van der Waals surface area contributed by atoms with Gasteiger partial charge in [-0.2, -0.15) is 5.10 Å². The van der Waals surface area contributed by atoms with Crippen molar-refractivity contribution in [3.63, 3.8) is 0 Å².